The number of nitrogens with zero attached hydrogens (tertiary/aromatic N) is 4. The highest BCUT2D eigenvalue weighted by atomic mass is 127. The first-order valence-electron chi connectivity index (χ1n) is 17.5. The number of hydrogen-bond acceptors (Lipinski definition) is 9. The molecule has 0 aliphatic carbocycles. The van der Waals surface area contributed by atoms with Crippen molar-refractivity contribution in [1.29, 1.82) is 0 Å². The molecule has 11 nitrogen and oxygen atoms in total. The molecule has 0 bridgehead atoms. The number of anilines is 1. The summed E-state index contributed by atoms with van der Waals surface area (Å²) in [6, 6.07) is 35.3. The van der Waals surface area contributed by atoms with E-state index in [1.165, 1.54) is 0 Å². The molecule has 0 saturated heterocycles. The molecule has 4 aromatic carbocycles. The number of methoxy groups -OCH3 is 2. The predicted octanol–water partition coefficient (Wildman–Crippen LogP) is 7.60. The molecular formula is C42H44IN5O6. The molecule has 0 aliphatic heterocycles. The Labute approximate surface area is 329 Å². The van der Waals surface area contributed by atoms with Crippen molar-refractivity contribution in [2.45, 2.75) is 39.8 Å². The fraction of sp³-hybridized carbons (Fsp3) is 0.238. The van der Waals surface area contributed by atoms with Crippen molar-refractivity contribution >= 4 is 40.3 Å². The Bertz CT molecular complexity index is 1960. The minimum absolute atomic E-state index is 0.289. The lowest BCUT2D eigenvalue weighted by atomic mass is 10.0. The van der Waals surface area contributed by atoms with Crippen LogP contribution in [0.3, 0.4) is 0 Å². The Morgan fingerprint density at radius 3 is 1.43 bits per heavy atom. The summed E-state index contributed by atoms with van der Waals surface area (Å²) in [5, 5.41) is 9.03. The first-order chi connectivity index (χ1) is 26.2. The van der Waals surface area contributed by atoms with Crippen LogP contribution in [0.5, 0.6) is 11.5 Å². The van der Waals surface area contributed by atoms with Gasteiger partial charge in [0.1, 0.15) is 21.0 Å². The molecule has 6 aromatic rings. The van der Waals surface area contributed by atoms with Crippen LogP contribution in [0.4, 0.5) is 5.82 Å². The highest BCUT2D eigenvalue weighted by Crippen LogP contribution is 2.25. The summed E-state index contributed by atoms with van der Waals surface area (Å²) >= 11 is 2.19. The molecule has 2 N–H and O–H groups in total. The van der Waals surface area contributed by atoms with Crippen LogP contribution in [0.1, 0.15) is 68.2 Å². The van der Waals surface area contributed by atoms with Crippen LogP contribution in [0, 0.1) is 3.70 Å². The van der Waals surface area contributed by atoms with Crippen LogP contribution in [-0.2, 0) is 35.4 Å². The minimum atomic E-state index is -0.416. The molecule has 0 amide bonds. The molecule has 2 aromatic heterocycles. The smallest absolute Gasteiger partial charge is 0.356 e. The normalized spacial score (nSPS) is 10.6. The quantitative estimate of drug-likeness (QED) is 0.0870. The number of benzene rings is 4. The van der Waals surface area contributed by atoms with Gasteiger partial charge >= 0.3 is 11.9 Å². The van der Waals surface area contributed by atoms with Crippen molar-refractivity contribution in [3.8, 4) is 11.5 Å². The topological polar surface area (TPSA) is 133 Å². The average Bonchev–Trinajstić information content (AvgIpc) is 3.66. The highest BCUT2D eigenvalue weighted by molar-refractivity contribution is 14.1. The molecular weight excluding hydrogens is 797 g/mol. The Morgan fingerprint density at radius 1 is 0.593 bits per heavy atom. The Kier molecular flexibility index (Phi) is 14.3. The number of ether oxygens (including phenoxy) is 4. The zero-order valence-electron chi connectivity index (χ0n) is 30.8. The maximum absolute atomic E-state index is 12.7. The van der Waals surface area contributed by atoms with E-state index >= 15 is 0 Å². The second-order valence-corrected chi connectivity index (χ2v) is 13.1. The van der Waals surface area contributed by atoms with Crippen LogP contribution in [0.15, 0.2) is 109 Å². The van der Waals surface area contributed by atoms with E-state index in [1.807, 2.05) is 116 Å². The van der Waals surface area contributed by atoms with Gasteiger partial charge in [0.05, 0.1) is 40.5 Å². The molecule has 6 rings (SSSR count). The monoisotopic (exact) mass is 841 g/mol. The third kappa shape index (κ3) is 10.3. The van der Waals surface area contributed by atoms with Crippen LogP contribution in [0.25, 0.3) is 0 Å². The molecule has 280 valence electrons. The van der Waals surface area contributed by atoms with E-state index in [9.17, 15) is 9.59 Å². The fourth-order valence-corrected chi connectivity index (χ4v) is 6.52. The van der Waals surface area contributed by atoms with Crippen LogP contribution in [0.2, 0.25) is 0 Å². The van der Waals surface area contributed by atoms with Crippen molar-refractivity contribution < 1.29 is 28.5 Å². The lowest BCUT2D eigenvalue weighted by molar-refractivity contribution is 0.0501. The molecule has 0 aliphatic rings. The van der Waals surface area contributed by atoms with Crippen molar-refractivity contribution in [3.63, 3.8) is 0 Å². The number of nitrogens with two attached hydrogens (primary N) is 1. The molecule has 0 atom stereocenters. The van der Waals surface area contributed by atoms with Crippen LogP contribution < -0.4 is 15.2 Å². The van der Waals surface area contributed by atoms with Gasteiger partial charge in [-0.25, -0.2) is 9.59 Å². The molecule has 0 unspecified atom stereocenters. The van der Waals surface area contributed by atoms with Gasteiger partial charge in [-0.2, -0.15) is 10.2 Å². The largest absolute Gasteiger partial charge is 0.497 e. The molecule has 54 heavy (non-hydrogen) atoms. The zero-order chi connectivity index (χ0) is 38.5. The van der Waals surface area contributed by atoms with E-state index in [2.05, 4.69) is 32.8 Å². The Balaban J connectivity index is 0.000000208. The second-order valence-electron chi connectivity index (χ2n) is 12.1. The lowest BCUT2D eigenvalue weighted by Crippen LogP contribution is -2.16. The second kappa shape index (κ2) is 19.4. The molecule has 0 spiro atoms. The summed E-state index contributed by atoms with van der Waals surface area (Å²) in [4.78, 5) is 25.3. The summed E-state index contributed by atoms with van der Waals surface area (Å²) in [6.45, 7) is 5.11. The lowest BCUT2D eigenvalue weighted by Gasteiger charge is -2.10. The van der Waals surface area contributed by atoms with Crippen molar-refractivity contribution in [2.75, 3.05) is 33.2 Å². The van der Waals surface area contributed by atoms with Gasteiger partial charge < -0.3 is 24.7 Å². The first-order valence-corrected chi connectivity index (χ1v) is 18.6. The average molecular weight is 842 g/mol. The Hall–Kier alpha value is -5.63. The number of carbonyl (C=O) groups is 2. The van der Waals surface area contributed by atoms with Crippen LogP contribution in [-0.4, -0.2) is 58.9 Å². The van der Waals surface area contributed by atoms with E-state index in [0.29, 0.717) is 55.3 Å². The highest BCUT2D eigenvalue weighted by Gasteiger charge is 2.25. The van der Waals surface area contributed by atoms with Gasteiger partial charge in [0.2, 0.25) is 0 Å². The maximum Gasteiger partial charge on any atom is 0.356 e. The van der Waals surface area contributed by atoms with Crippen molar-refractivity contribution in [3.05, 3.63) is 158 Å². The summed E-state index contributed by atoms with van der Waals surface area (Å²) in [5.41, 5.74) is 12.9. The number of nitrogen functional groups attached to an aromatic ring is 1. The van der Waals surface area contributed by atoms with Gasteiger partial charge in [0.15, 0.2) is 11.4 Å². The van der Waals surface area contributed by atoms with E-state index in [1.54, 1.807) is 30.5 Å². The first kappa shape index (κ1) is 39.6. The van der Waals surface area contributed by atoms with Crippen molar-refractivity contribution in [1.82, 2.24) is 19.6 Å². The molecule has 2 heterocycles. The third-order valence-electron chi connectivity index (χ3n) is 8.45. The van der Waals surface area contributed by atoms with Crippen LogP contribution >= 0.6 is 22.6 Å². The van der Waals surface area contributed by atoms with Gasteiger partial charge in [-0.05, 0) is 83.0 Å². The van der Waals surface area contributed by atoms with E-state index in [0.717, 1.165) is 43.0 Å². The maximum atomic E-state index is 12.7. The van der Waals surface area contributed by atoms with Gasteiger partial charge in [-0.3, -0.25) is 9.36 Å². The number of halogens is 1. The number of aromatic nitrogens is 4. The minimum Gasteiger partial charge on any atom is -0.497 e. The molecule has 0 saturated carbocycles. The van der Waals surface area contributed by atoms with Crippen molar-refractivity contribution in [2.24, 2.45) is 0 Å². The summed E-state index contributed by atoms with van der Waals surface area (Å²) < 4.78 is 25.1. The number of hydrogen-bond donors (Lipinski definition) is 1. The van der Waals surface area contributed by atoms with E-state index < -0.39 is 5.97 Å². The third-order valence-corrected chi connectivity index (χ3v) is 9.32. The Morgan fingerprint density at radius 2 is 1.00 bits per heavy atom. The van der Waals surface area contributed by atoms with E-state index in [-0.39, 0.29) is 12.6 Å². The number of rotatable bonds is 14. The SMILES string of the molecule is CCOC(=O)c1c(Cc2ccccc2)c(I)nn1Cc1ccc(OC)cc1.CCOC(=O)c1c(Cc2ccccc2)c(N)nn1Cc1ccc(OC)cc1. The molecule has 12 heteroatoms. The number of esters is 2. The fourth-order valence-electron chi connectivity index (χ4n) is 5.81. The summed E-state index contributed by atoms with van der Waals surface area (Å²) in [5.74, 6) is 1.15. The summed E-state index contributed by atoms with van der Waals surface area (Å²) in [7, 11) is 3.26. The standard InChI is InChI=1S/C21H21IN2O3.C21H23N3O3/c2*1-3-27-21(25)19-18(13-15-7-5-4-6-8-15)20(22)23-24(19)14-16-9-11-17(26-2)12-10-16/h4-12H,3,13-14H2,1-2H3;4-12H,3,13-14H2,1-2H3,(H2,22,23). The molecule has 0 radical (unpaired) electrons. The van der Waals surface area contributed by atoms with Gasteiger partial charge in [-0.15, -0.1) is 0 Å². The zero-order valence-corrected chi connectivity index (χ0v) is 33.0. The van der Waals surface area contributed by atoms with Gasteiger partial charge in [-0.1, -0.05) is 84.9 Å². The van der Waals surface area contributed by atoms with E-state index in [4.69, 9.17) is 24.7 Å². The molecule has 0 fully saturated rings. The van der Waals surface area contributed by atoms with Gasteiger partial charge in [0.25, 0.3) is 0 Å². The summed E-state index contributed by atoms with van der Waals surface area (Å²) in [6.07, 6.45) is 1.15. The van der Waals surface area contributed by atoms with Gasteiger partial charge in [0, 0.05) is 24.0 Å². The predicted molar refractivity (Wildman–Crippen MR) is 216 cm³/mol. The number of carbonyl (C=O) groups excluding carboxylic acids is 2.